The van der Waals surface area contributed by atoms with Gasteiger partial charge in [-0.3, -0.25) is 0 Å². The third kappa shape index (κ3) is 5.60. The van der Waals surface area contributed by atoms with Crippen molar-refractivity contribution in [2.24, 2.45) is 0 Å². The van der Waals surface area contributed by atoms with Crippen LogP contribution >= 0.6 is 0 Å². The maximum Gasteiger partial charge on any atom is 0.350 e. The van der Waals surface area contributed by atoms with Gasteiger partial charge in [-0.05, 0) is 67.3 Å². The van der Waals surface area contributed by atoms with Crippen LogP contribution in [-0.4, -0.2) is 51.7 Å². The van der Waals surface area contributed by atoms with Crippen molar-refractivity contribution in [1.82, 2.24) is 14.3 Å². The third-order valence-electron chi connectivity index (χ3n) is 6.97. The molecule has 0 saturated carbocycles. The van der Waals surface area contributed by atoms with E-state index in [1.807, 2.05) is 61.2 Å². The molecule has 0 bridgehead atoms. The largest absolute Gasteiger partial charge is 0.508 e. The monoisotopic (exact) mass is 517 g/mol. The van der Waals surface area contributed by atoms with Gasteiger partial charge in [0, 0.05) is 37.6 Å². The number of benzene rings is 3. The quantitative estimate of drug-likeness (QED) is 0.349. The highest BCUT2D eigenvalue weighted by Gasteiger charge is 2.23. The van der Waals surface area contributed by atoms with Gasteiger partial charge in [0.2, 0.25) is 0 Å². The normalized spacial score (nSPS) is 16.9. The molecule has 198 valence electrons. The van der Waals surface area contributed by atoms with Gasteiger partial charge in [-0.15, -0.1) is 0 Å². The van der Waals surface area contributed by atoms with Crippen LogP contribution in [0.5, 0.6) is 5.75 Å². The van der Waals surface area contributed by atoms with E-state index in [1.54, 1.807) is 12.1 Å². The zero-order valence-corrected chi connectivity index (χ0v) is 21.7. The highest BCUT2D eigenvalue weighted by Crippen LogP contribution is 2.24. The van der Waals surface area contributed by atoms with E-state index in [2.05, 4.69) is 10.00 Å². The molecule has 8 nitrogen and oxygen atoms in total. The van der Waals surface area contributed by atoms with E-state index in [1.165, 1.54) is 11.0 Å². The second-order valence-electron chi connectivity index (χ2n) is 9.39. The van der Waals surface area contributed by atoms with Gasteiger partial charge in [-0.25, -0.2) is 14.0 Å². The number of phenols is 1. The number of ether oxygens (including phenoxy) is 1. The first kappa shape index (κ1) is 21.0. The molecule has 3 aromatic carbocycles. The highest BCUT2D eigenvalue weighted by atomic mass is 16.5. The summed E-state index contributed by atoms with van der Waals surface area (Å²) in [5.74, 6) is 0.196. The van der Waals surface area contributed by atoms with E-state index in [-0.39, 0.29) is 53.4 Å². The number of anilines is 2. The van der Waals surface area contributed by atoms with Crippen LogP contribution in [0.25, 0.3) is 5.69 Å². The van der Waals surface area contributed by atoms with Crippen LogP contribution in [0.2, 0.25) is 0 Å². The Hall–Kier alpha value is -4.04. The number of nitrogens with zero attached hydrogens (tertiary/aromatic N) is 5. The van der Waals surface area contributed by atoms with Gasteiger partial charge in [0.1, 0.15) is 12.1 Å². The lowest BCUT2D eigenvalue weighted by molar-refractivity contribution is 0.0117. The molecule has 0 aliphatic carbocycles. The van der Waals surface area contributed by atoms with Gasteiger partial charge in [0.25, 0.3) is 0 Å². The standard InChI is InChI=1S/C30H35N5O3/c1-3-29(23(2)38-21-24-7-5-4-6-8-24)35-30(37)34(22-31-35)27-11-9-25(10-12-27)32-17-19-33(20-18-32)26-13-15-28(36)16-14-26/h4-16,22-23,29,36H,3,17-21H2,1-2H3/t23-,29-/m0/s1/i9D,10D,11D,12D. The molecule has 8 heteroatoms. The molecule has 1 aliphatic heterocycles. The van der Waals surface area contributed by atoms with Gasteiger partial charge in [-0.2, -0.15) is 5.10 Å². The van der Waals surface area contributed by atoms with Crippen molar-refractivity contribution in [2.45, 2.75) is 39.0 Å². The fourth-order valence-electron chi connectivity index (χ4n) is 4.74. The van der Waals surface area contributed by atoms with Gasteiger partial charge in [0.05, 0.1) is 29.9 Å². The summed E-state index contributed by atoms with van der Waals surface area (Å²) in [7, 11) is 0. The third-order valence-corrected chi connectivity index (χ3v) is 6.97. The second-order valence-corrected chi connectivity index (χ2v) is 9.39. The van der Waals surface area contributed by atoms with Gasteiger partial charge in [-0.1, -0.05) is 37.3 Å². The fraction of sp³-hybridized carbons (Fsp3) is 0.333. The zero-order chi connectivity index (χ0) is 30.0. The Kier molecular flexibility index (Phi) is 6.38. The Morgan fingerprint density at radius 3 is 2.16 bits per heavy atom. The van der Waals surface area contributed by atoms with Crippen LogP contribution < -0.4 is 15.5 Å². The molecular weight excluding hydrogens is 478 g/mol. The smallest absolute Gasteiger partial charge is 0.350 e. The van der Waals surface area contributed by atoms with Crippen molar-refractivity contribution in [3.63, 3.8) is 0 Å². The van der Waals surface area contributed by atoms with Gasteiger partial charge >= 0.3 is 5.69 Å². The van der Waals surface area contributed by atoms with E-state index >= 15 is 0 Å². The summed E-state index contributed by atoms with van der Waals surface area (Å²) in [5.41, 5.74) is 1.52. The van der Waals surface area contributed by atoms with Crippen LogP contribution in [0.3, 0.4) is 0 Å². The average molecular weight is 518 g/mol. The van der Waals surface area contributed by atoms with E-state index in [0.717, 1.165) is 15.8 Å². The predicted molar refractivity (Wildman–Crippen MR) is 150 cm³/mol. The summed E-state index contributed by atoms with van der Waals surface area (Å²) in [6, 6.07) is 15.3. The van der Waals surface area contributed by atoms with E-state index < -0.39 is 5.69 Å². The molecule has 1 saturated heterocycles. The van der Waals surface area contributed by atoms with E-state index in [0.29, 0.717) is 39.2 Å². The average Bonchev–Trinajstić information content (AvgIpc) is 3.37. The molecule has 2 atom stereocenters. The van der Waals surface area contributed by atoms with E-state index in [9.17, 15) is 9.90 Å². The molecule has 1 N–H and O–H groups in total. The maximum atomic E-state index is 13.5. The Morgan fingerprint density at radius 2 is 1.53 bits per heavy atom. The lowest BCUT2D eigenvalue weighted by Crippen LogP contribution is -2.46. The Morgan fingerprint density at radius 1 is 0.921 bits per heavy atom. The molecular formula is C30H35N5O3. The summed E-state index contributed by atoms with van der Waals surface area (Å²) < 4.78 is 43.5. The van der Waals surface area contributed by atoms with Gasteiger partial charge < -0.3 is 19.6 Å². The molecule has 38 heavy (non-hydrogen) atoms. The molecule has 0 unspecified atom stereocenters. The minimum Gasteiger partial charge on any atom is -0.508 e. The van der Waals surface area contributed by atoms with Gasteiger partial charge in [0.15, 0.2) is 0 Å². The molecule has 1 fully saturated rings. The lowest BCUT2D eigenvalue weighted by Gasteiger charge is -2.37. The van der Waals surface area contributed by atoms with E-state index in [4.69, 9.17) is 10.2 Å². The number of aromatic hydroxyl groups is 1. The van der Waals surface area contributed by atoms with Crippen LogP contribution in [0.1, 0.15) is 37.4 Å². The zero-order valence-electron chi connectivity index (χ0n) is 25.7. The molecule has 0 amide bonds. The molecule has 1 aliphatic rings. The highest BCUT2D eigenvalue weighted by molar-refractivity contribution is 5.54. The molecule has 1 aromatic heterocycles. The Labute approximate surface area is 228 Å². The lowest BCUT2D eigenvalue weighted by atomic mass is 10.1. The number of piperazine rings is 1. The first-order valence-electron chi connectivity index (χ1n) is 14.9. The second kappa shape index (κ2) is 11.6. The molecule has 0 spiro atoms. The number of phenolic OH excluding ortho intramolecular Hbond substituents is 1. The fourth-order valence-corrected chi connectivity index (χ4v) is 4.74. The summed E-state index contributed by atoms with van der Waals surface area (Å²) in [5, 5.41) is 13.9. The first-order chi connectivity index (χ1) is 20.2. The van der Waals surface area contributed by atoms with Crippen molar-refractivity contribution in [3.05, 3.63) is 101 Å². The predicted octanol–water partition coefficient (Wildman–Crippen LogP) is 4.62. The summed E-state index contributed by atoms with van der Waals surface area (Å²) in [4.78, 5) is 17.5. The van der Waals surface area contributed by atoms with Crippen molar-refractivity contribution in [1.29, 1.82) is 0 Å². The molecule has 4 aromatic rings. The maximum absolute atomic E-state index is 13.5. The molecule has 0 radical (unpaired) electrons. The number of aromatic nitrogens is 3. The van der Waals surface area contributed by atoms with Crippen molar-refractivity contribution in [2.75, 3.05) is 36.0 Å². The molecule has 5 rings (SSSR count). The Balaban J connectivity index is 1.38. The Bertz CT molecular complexity index is 1560. The summed E-state index contributed by atoms with van der Waals surface area (Å²) in [6.07, 6.45) is 1.48. The first-order valence-corrected chi connectivity index (χ1v) is 12.9. The van der Waals surface area contributed by atoms with Crippen LogP contribution in [0, 0.1) is 0 Å². The SMILES string of the molecule is [2H]c1c([2H])c(-n2cnn([C@@H](CC)[C@H](C)OCc3ccccc3)c2=O)c([2H])c([2H])c1N1CCN(c2ccc(O)cc2)CC1. The number of hydrogen-bond acceptors (Lipinski definition) is 6. The summed E-state index contributed by atoms with van der Waals surface area (Å²) in [6.45, 7) is 6.42. The number of rotatable bonds is 9. The molecule has 2 heterocycles. The minimum atomic E-state index is -0.548. The summed E-state index contributed by atoms with van der Waals surface area (Å²) >= 11 is 0. The number of hydrogen-bond donors (Lipinski definition) is 1. The van der Waals surface area contributed by atoms with Crippen molar-refractivity contribution in [3.8, 4) is 11.4 Å². The van der Waals surface area contributed by atoms with Crippen LogP contribution in [0.4, 0.5) is 11.4 Å². The van der Waals surface area contributed by atoms with Crippen LogP contribution in [0.15, 0.2) is 89.9 Å². The van der Waals surface area contributed by atoms with Crippen LogP contribution in [-0.2, 0) is 11.3 Å². The topological polar surface area (TPSA) is 75.8 Å². The van der Waals surface area contributed by atoms with Crippen molar-refractivity contribution < 1.29 is 15.3 Å². The minimum absolute atomic E-state index is 0.125. The van der Waals surface area contributed by atoms with Crippen molar-refractivity contribution >= 4 is 11.4 Å².